The summed E-state index contributed by atoms with van der Waals surface area (Å²) < 4.78 is 6.61. The standard InChI is InChI=1S/C10H10N4O3/c1-7(10(15)16)17-9-4-2-3-8(5-9)14-6-11-12-13-14/h2-7H,1H3,(H,15,16)/p-1/t7-/m0/s1. The van der Waals surface area contributed by atoms with Gasteiger partial charge in [-0.15, -0.1) is 5.10 Å². The summed E-state index contributed by atoms with van der Waals surface area (Å²) in [4.78, 5) is 10.5. The van der Waals surface area contributed by atoms with Gasteiger partial charge in [0.15, 0.2) is 0 Å². The number of hydrogen-bond donors (Lipinski definition) is 0. The first-order valence-electron chi connectivity index (χ1n) is 4.88. The fourth-order valence-corrected chi connectivity index (χ4v) is 1.23. The van der Waals surface area contributed by atoms with Gasteiger partial charge in [-0.05, 0) is 29.5 Å². The molecule has 7 heteroatoms. The second kappa shape index (κ2) is 4.60. The number of ether oxygens (including phenoxy) is 1. The Hall–Kier alpha value is -2.44. The molecule has 0 bridgehead atoms. The second-order valence-corrected chi connectivity index (χ2v) is 3.33. The number of hydrogen-bond acceptors (Lipinski definition) is 6. The van der Waals surface area contributed by atoms with Gasteiger partial charge in [0.2, 0.25) is 0 Å². The lowest BCUT2D eigenvalue weighted by atomic mass is 10.3. The molecule has 2 rings (SSSR count). The predicted octanol–water partition coefficient (Wildman–Crippen LogP) is -0.821. The number of tetrazole rings is 1. The molecule has 0 amide bonds. The van der Waals surface area contributed by atoms with Gasteiger partial charge < -0.3 is 14.6 Å². The molecule has 7 nitrogen and oxygen atoms in total. The minimum Gasteiger partial charge on any atom is -0.546 e. The molecule has 0 unspecified atom stereocenters. The van der Waals surface area contributed by atoms with E-state index in [1.165, 1.54) is 17.9 Å². The second-order valence-electron chi connectivity index (χ2n) is 3.33. The number of aromatic nitrogens is 4. The number of carboxylic acid groups (broad SMARTS) is 1. The van der Waals surface area contributed by atoms with E-state index < -0.39 is 12.1 Å². The molecular weight excluding hydrogens is 224 g/mol. The molecule has 0 N–H and O–H groups in total. The molecule has 17 heavy (non-hydrogen) atoms. The van der Waals surface area contributed by atoms with Crippen molar-refractivity contribution in [2.45, 2.75) is 13.0 Å². The summed E-state index contributed by atoms with van der Waals surface area (Å²) in [6.07, 6.45) is 0.417. The average molecular weight is 233 g/mol. The van der Waals surface area contributed by atoms with Crippen molar-refractivity contribution in [1.82, 2.24) is 20.2 Å². The summed E-state index contributed by atoms with van der Waals surface area (Å²) in [6, 6.07) is 6.77. The SMILES string of the molecule is C[C@H](Oc1cccc(-n2cnnn2)c1)C(=O)[O-]. The Morgan fingerprint density at radius 1 is 1.53 bits per heavy atom. The van der Waals surface area contributed by atoms with Crippen LogP contribution in [-0.2, 0) is 4.79 Å². The third-order valence-electron chi connectivity index (χ3n) is 2.08. The van der Waals surface area contributed by atoms with E-state index >= 15 is 0 Å². The summed E-state index contributed by atoms with van der Waals surface area (Å²) >= 11 is 0. The van der Waals surface area contributed by atoms with E-state index in [9.17, 15) is 9.90 Å². The molecule has 1 aromatic carbocycles. The molecule has 0 aliphatic rings. The van der Waals surface area contributed by atoms with Gasteiger partial charge in [-0.1, -0.05) is 6.07 Å². The van der Waals surface area contributed by atoms with Gasteiger partial charge >= 0.3 is 0 Å². The van der Waals surface area contributed by atoms with Gasteiger partial charge in [0.1, 0.15) is 18.2 Å². The van der Waals surface area contributed by atoms with Gasteiger partial charge in [-0.2, -0.15) is 0 Å². The van der Waals surface area contributed by atoms with Crippen LogP contribution in [0.1, 0.15) is 6.92 Å². The van der Waals surface area contributed by atoms with Gasteiger partial charge in [0, 0.05) is 6.07 Å². The quantitative estimate of drug-likeness (QED) is 0.685. The van der Waals surface area contributed by atoms with Crippen LogP contribution in [0, 0.1) is 0 Å². The molecule has 1 aromatic heterocycles. The fraction of sp³-hybridized carbons (Fsp3) is 0.200. The highest BCUT2D eigenvalue weighted by Crippen LogP contribution is 2.16. The first kappa shape index (κ1) is 11.1. The molecule has 0 saturated heterocycles. The highest BCUT2D eigenvalue weighted by molar-refractivity contribution is 5.69. The van der Waals surface area contributed by atoms with Crippen molar-refractivity contribution in [3.05, 3.63) is 30.6 Å². The summed E-state index contributed by atoms with van der Waals surface area (Å²) in [5.74, 6) is -0.854. The van der Waals surface area contributed by atoms with Crippen molar-refractivity contribution < 1.29 is 14.6 Å². The van der Waals surface area contributed by atoms with Crippen LogP contribution in [0.15, 0.2) is 30.6 Å². The van der Waals surface area contributed by atoms with Gasteiger partial charge in [0.05, 0.1) is 11.7 Å². The zero-order valence-electron chi connectivity index (χ0n) is 8.98. The number of nitrogens with zero attached hydrogens (tertiary/aromatic N) is 4. The molecule has 0 radical (unpaired) electrons. The largest absolute Gasteiger partial charge is 0.546 e. The Morgan fingerprint density at radius 2 is 2.35 bits per heavy atom. The van der Waals surface area contributed by atoms with Gasteiger partial charge in [-0.25, -0.2) is 4.68 Å². The molecule has 1 heterocycles. The maximum absolute atomic E-state index is 10.5. The van der Waals surface area contributed by atoms with Crippen LogP contribution in [0.2, 0.25) is 0 Å². The van der Waals surface area contributed by atoms with Crippen LogP contribution in [0.4, 0.5) is 0 Å². The Kier molecular flexibility index (Phi) is 2.99. The normalized spacial score (nSPS) is 12.1. The van der Waals surface area contributed by atoms with Gasteiger partial charge in [0.25, 0.3) is 0 Å². The molecule has 0 fully saturated rings. The zero-order chi connectivity index (χ0) is 12.3. The van der Waals surface area contributed by atoms with Crippen molar-refractivity contribution in [3.8, 4) is 11.4 Å². The van der Waals surface area contributed by atoms with Crippen molar-refractivity contribution >= 4 is 5.97 Å². The van der Waals surface area contributed by atoms with E-state index in [0.717, 1.165) is 0 Å². The molecular formula is C10H9N4O3-. The van der Waals surface area contributed by atoms with E-state index in [1.807, 2.05) is 0 Å². The highest BCUT2D eigenvalue weighted by atomic mass is 16.5. The van der Waals surface area contributed by atoms with Crippen molar-refractivity contribution in [2.75, 3.05) is 0 Å². The van der Waals surface area contributed by atoms with E-state index in [0.29, 0.717) is 11.4 Å². The first-order chi connectivity index (χ1) is 8.16. The summed E-state index contributed by atoms with van der Waals surface area (Å²) in [6.45, 7) is 1.40. The van der Waals surface area contributed by atoms with Gasteiger partial charge in [-0.3, -0.25) is 0 Å². The predicted molar refractivity (Wildman–Crippen MR) is 54.3 cm³/mol. The van der Waals surface area contributed by atoms with Crippen molar-refractivity contribution in [2.24, 2.45) is 0 Å². The van der Waals surface area contributed by atoms with E-state index in [4.69, 9.17) is 4.74 Å². The average Bonchev–Trinajstić information content (AvgIpc) is 2.82. The lowest BCUT2D eigenvalue weighted by Gasteiger charge is -2.15. The molecule has 0 aliphatic heterocycles. The topological polar surface area (TPSA) is 93.0 Å². The Labute approximate surface area is 96.6 Å². The van der Waals surface area contributed by atoms with Crippen molar-refractivity contribution in [1.29, 1.82) is 0 Å². The van der Waals surface area contributed by atoms with Crippen LogP contribution in [0.3, 0.4) is 0 Å². The number of carbonyl (C=O) groups excluding carboxylic acids is 1. The Morgan fingerprint density at radius 3 is 3.00 bits per heavy atom. The minimum absolute atomic E-state index is 0.412. The van der Waals surface area contributed by atoms with E-state index in [-0.39, 0.29) is 0 Å². The zero-order valence-corrected chi connectivity index (χ0v) is 8.98. The molecule has 0 spiro atoms. The smallest absolute Gasteiger partial charge is 0.143 e. The third-order valence-corrected chi connectivity index (χ3v) is 2.08. The lowest BCUT2D eigenvalue weighted by Crippen LogP contribution is -2.37. The maximum Gasteiger partial charge on any atom is 0.143 e. The van der Waals surface area contributed by atoms with Crippen LogP contribution in [0.5, 0.6) is 5.75 Å². The number of carboxylic acids is 1. The van der Waals surface area contributed by atoms with E-state index in [1.54, 1.807) is 24.3 Å². The Balaban J connectivity index is 2.20. The monoisotopic (exact) mass is 233 g/mol. The maximum atomic E-state index is 10.5. The summed E-state index contributed by atoms with van der Waals surface area (Å²) in [7, 11) is 0. The highest BCUT2D eigenvalue weighted by Gasteiger charge is 2.06. The molecule has 0 saturated carbocycles. The van der Waals surface area contributed by atoms with Crippen LogP contribution < -0.4 is 9.84 Å². The minimum atomic E-state index is -1.27. The molecule has 0 aliphatic carbocycles. The van der Waals surface area contributed by atoms with E-state index in [2.05, 4.69) is 15.5 Å². The fourth-order valence-electron chi connectivity index (χ4n) is 1.23. The van der Waals surface area contributed by atoms with Crippen LogP contribution in [-0.4, -0.2) is 32.3 Å². The van der Waals surface area contributed by atoms with Crippen LogP contribution in [0.25, 0.3) is 5.69 Å². The number of aliphatic carboxylic acids is 1. The third kappa shape index (κ3) is 2.57. The molecule has 2 aromatic rings. The van der Waals surface area contributed by atoms with Crippen LogP contribution >= 0.6 is 0 Å². The summed E-state index contributed by atoms with van der Waals surface area (Å²) in [5.41, 5.74) is 0.679. The van der Waals surface area contributed by atoms with Crippen molar-refractivity contribution in [3.63, 3.8) is 0 Å². The molecule has 88 valence electrons. The summed E-state index contributed by atoms with van der Waals surface area (Å²) in [5, 5.41) is 21.3. The Bertz CT molecular complexity index is 512. The lowest BCUT2D eigenvalue weighted by molar-refractivity contribution is -0.312. The number of rotatable bonds is 4. The number of benzene rings is 1. The first-order valence-corrected chi connectivity index (χ1v) is 4.88. The molecule has 1 atom stereocenters. The number of carbonyl (C=O) groups is 1.